The molecule has 0 fully saturated rings. The number of nitriles is 1. The Balaban J connectivity index is 3.23. The molecule has 0 saturated heterocycles. The van der Waals surface area contributed by atoms with Gasteiger partial charge in [-0.1, -0.05) is 15.9 Å². The minimum atomic E-state index is -1.25. The zero-order valence-electron chi connectivity index (χ0n) is 8.40. The van der Waals surface area contributed by atoms with Crippen molar-refractivity contribution in [3.63, 3.8) is 0 Å². The van der Waals surface area contributed by atoms with E-state index in [0.717, 1.165) is 0 Å². The van der Waals surface area contributed by atoms with E-state index in [1.165, 1.54) is 13.2 Å². The molecule has 0 unspecified atom stereocenters. The molecule has 1 aromatic rings. The van der Waals surface area contributed by atoms with Gasteiger partial charge in [0.15, 0.2) is 0 Å². The first-order chi connectivity index (χ1) is 7.58. The van der Waals surface area contributed by atoms with Crippen molar-refractivity contribution >= 4 is 28.0 Å². The monoisotopic (exact) mass is 281 g/mol. The van der Waals surface area contributed by atoms with Gasteiger partial charge in [0, 0.05) is 4.47 Å². The predicted molar refractivity (Wildman–Crippen MR) is 61.9 cm³/mol. The molecular formula is C11H8BrNO3. The number of hydrogen-bond donors (Lipinski definition) is 1. The molecule has 0 amide bonds. The number of nitrogens with zero attached hydrogens (tertiary/aromatic N) is 1. The van der Waals surface area contributed by atoms with Crippen LogP contribution in [0.15, 0.2) is 28.2 Å². The number of aliphatic carboxylic acids is 1. The lowest BCUT2D eigenvalue weighted by atomic mass is 10.1. The lowest BCUT2D eigenvalue weighted by Crippen LogP contribution is -1.97. The molecule has 0 bridgehead atoms. The van der Waals surface area contributed by atoms with Gasteiger partial charge in [-0.15, -0.1) is 0 Å². The average Bonchev–Trinajstić information content (AvgIpc) is 2.27. The number of ether oxygens (including phenoxy) is 1. The van der Waals surface area contributed by atoms with Crippen LogP contribution in [0.5, 0.6) is 5.75 Å². The summed E-state index contributed by atoms with van der Waals surface area (Å²) in [6.45, 7) is 0. The van der Waals surface area contributed by atoms with Crippen LogP contribution in [-0.4, -0.2) is 18.2 Å². The number of hydrogen-bond acceptors (Lipinski definition) is 3. The lowest BCUT2D eigenvalue weighted by molar-refractivity contribution is -0.132. The van der Waals surface area contributed by atoms with E-state index in [0.29, 0.717) is 15.8 Å². The first-order valence-corrected chi connectivity index (χ1v) is 5.06. The van der Waals surface area contributed by atoms with Gasteiger partial charge < -0.3 is 9.84 Å². The van der Waals surface area contributed by atoms with Gasteiger partial charge in [0.1, 0.15) is 17.4 Å². The number of carbonyl (C=O) groups is 1. The van der Waals surface area contributed by atoms with Crippen LogP contribution in [0.4, 0.5) is 0 Å². The highest BCUT2D eigenvalue weighted by molar-refractivity contribution is 9.10. The first kappa shape index (κ1) is 12.3. The van der Waals surface area contributed by atoms with E-state index in [2.05, 4.69) is 15.9 Å². The number of carboxylic acids is 1. The summed E-state index contributed by atoms with van der Waals surface area (Å²) in [5, 5.41) is 17.3. The van der Waals surface area contributed by atoms with Gasteiger partial charge >= 0.3 is 5.97 Å². The molecule has 0 spiro atoms. The molecule has 0 atom stereocenters. The summed E-state index contributed by atoms with van der Waals surface area (Å²) < 4.78 is 5.70. The second-order valence-corrected chi connectivity index (χ2v) is 3.72. The average molecular weight is 282 g/mol. The molecule has 16 heavy (non-hydrogen) atoms. The Labute approximate surface area is 101 Å². The van der Waals surface area contributed by atoms with Crippen molar-refractivity contribution in [2.24, 2.45) is 0 Å². The number of carboxylic acid groups (broad SMARTS) is 1. The van der Waals surface area contributed by atoms with Gasteiger partial charge in [0.05, 0.1) is 7.11 Å². The van der Waals surface area contributed by atoms with Crippen molar-refractivity contribution in [3.05, 3.63) is 33.8 Å². The molecule has 0 saturated carbocycles. The van der Waals surface area contributed by atoms with E-state index in [-0.39, 0.29) is 5.57 Å². The van der Waals surface area contributed by atoms with Crippen LogP contribution in [0.3, 0.4) is 0 Å². The van der Waals surface area contributed by atoms with Gasteiger partial charge in [-0.3, -0.25) is 0 Å². The minimum absolute atomic E-state index is 0.325. The van der Waals surface area contributed by atoms with E-state index >= 15 is 0 Å². The van der Waals surface area contributed by atoms with Gasteiger partial charge in [-0.05, 0) is 29.8 Å². The number of methoxy groups -OCH3 is 1. The molecule has 1 rings (SSSR count). The first-order valence-electron chi connectivity index (χ1n) is 4.27. The van der Waals surface area contributed by atoms with Crippen LogP contribution in [0.2, 0.25) is 0 Å². The highest BCUT2D eigenvalue weighted by Crippen LogP contribution is 2.24. The summed E-state index contributed by atoms with van der Waals surface area (Å²) >= 11 is 3.26. The number of halogens is 1. The van der Waals surface area contributed by atoms with E-state index in [4.69, 9.17) is 15.1 Å². The molecule has 0 heterocycles. The Hall–Kier alpha value is -1.80. The summed E-state index contributed by atoms with van der Waals surface area (Å²) in [6.07, 6.45) is 1.29. The fraction of sp³-hybridized carbons (Fsp3) is 0.0909. The summed E-state index contributed by atoms with van der Waals surface area (Å²) in [7, 11) is 1.51. The Kier molecular flexibility index (Phi) is 4.09. The smallest absolute Gasteiger partial charge is 0.346 e. The van der Waals surface area contributed by atoms with E-state index < -0.39 is 5.97 Å². The summed E-state index contributed by atoms with van der Waals surface area (Å²) in [4.78, 5) is 10.7. The molecule has 1 aromatic carbocycles. The van der Waals surface area contributed by atoms with Crippen molar-refractivity contribution in [1.29, 1.82) is 5.26 Å². The maximum atomic E-state index is 10.7. The highest BCUT2D eigenvalue weighted by Gasteiger charge is 2.07. The molecule has 0 aliphatic rings. The lowest BCUT2D eigenvalue weighted by Gasteiger charge is -2.03. The second kappa shape index (κ2) is 5.33. The maximum absolute atomic E-state index is 10.7. The highest BCUT2D eigenvalue weighted by atomic mass is 79.9. The molecule has 0 aromatic heterocycles. The van der Waals surface area contributed by atoms with Gasteiger partial charge in [0.2, 0.25) is 0 Å². The minimum Gasteiger partial charge on any atom is -0.497 e. The molecule has 4 nitrogen and oxygen atoms in total. The second-order valence-electron chi connectivity index (χ2n) is 2.86. The molecule has 82 valence electrons. The zero-order valence-corrected chi connectivity index (χ0v) is 9.98. The Bertz CT molecular complexity index is 488. The molecule has 0 radical (unpaired) electrons. The molecule has 5 heteroatoms. The van der Waals surface area contributed by atoms with Crippen LogP contribution >= 0.6 is 15.9 Å². The third kappa shape index (κ3) is 2.84. The standard InChI is InChI=1S/C11H8BrNO3/c1-16-9-2-3-10(12)7(5-9)4-8(6-13)11(14)15/h2-5H,1H3,(H,14,15). The van der Waals surface area contributed by atoms with Crippen molar-refractivity contribution in [1.82, 2.24) is 0 Å². The summed E-state index contributed by atoms with van der Waals surface area (Å²) in [5.41, 5.74) is 0.257. The van der Waals surface area contributed by atoms with Gasteiger partial charge in [0.25, 0.3) is 0 Å². The van der Waals surface area contributed by atoms with E-state index in [1.807, 2.05) is 0 Å². The summed E-state index contributed by atoms with van der Waals surface area (Å²) in [5.74, 6) is -0.658. The molecular weight excluding hydrogens is 274 g/mol. The van der Waals surface area contributed by atoms with Gasteiger partial charge in [-0.2, -0.15) is 5.26 Å². The Morgan fingerprint density at radius 3 is 2.81 bits per heavy atom. The van der Waals surface area contributed by atoms with Crippen molar-refractivity contribution < 1.29 is 14.6 Å². The van der Waals surface area contributed by atoms with Crippen molar-refractivity contribution in [2.45, 2.75) is 0 Å². The molecule has 0 aliphatic heterocycles. The fourth-order valence-corrected chi connectivity index (χ4v) is 1.42. The number of benzene rings is 1. The van der Waals surface area contributed by atoms with Crippen LogP contribution in [0, 0.1) is 11.3 Å². The van der Waals surface area contributed by atoms with Crippen LogP contribution < -0.4 is 4.74 Å². The van der Waals surface area contributed by atoms with Crippen molar-refractivity contribution in [2.75, 3.05) is 7.11 Å². The zero-order chi connectivity index (χ0) is 12.1. The quantitative estimate of drug-likeness (QED) is 0.682. The largest absolute Gasteiger partial charge is 0.497 e. The predicted octanol–water partition coefficient (Wildman–Crippen LogP) is 2.45. The van der Waals surface area contributed by atoms with E-state index in [9.17, 15) is 4.79 Å². The van der Waals surface area contributed by atoms with Crippen LogP contribution in [0.1, 0.15) is 5.56 Å². The Morgan fingerprint density at radius 1 is 1.62 bits per heavy atom. The topological polar surface area (TPSA) is 70.3 Å². The third-order valence-electron chi connectivity index (χ3n) is 1.85. The van der Waals surface area contributed by atoms with Crippen LogP contribution in [0.25, 0.3) is 6.08 Å². The van der Waals surface area contributed by atoms with Gasteiger partial charge in [-0.25, -0.2) is 4.79 Å². The molecule has 0 aliphatic carbocycles. The number of rotatable bonds is 3. The normalized spacial score (nSPS) is 10.7. The fourth-order valence-electron chi connectivity index (χ4n) is 1.06. The third-order valence-corrected chi connectivity index (χ3v) is 2.58. The van der Waals surface area contributed by atoms with E-state index in [1.54, 1.807) is 24.3 Å². The molecule has 1 N–H and O–H groups in total. The van der Waals surface area contributed by atoms with Crippen LogP contribution in [-0.2, 0) is 4.79 Å². The Morgan fingerprint density at radius 2 is 2.31 bits per heavy atom. The SMILES string of the molecule is COc1ccc(Br)c(C=C(C#N)C(=O)O)c1. The van der Waals surface area contributed by atoms with Crippen molar-refractivity contribution in [3.8, 4) is 11.8 Å². The summed E-state index contributed by atoms with van der Waals surface area (Å²) in [6, 6.07) is 6.71. The maximum Gasteiger partial charge on any atom is 0.346 e.